The lowest BCUT2D eigenvalue weighted by Crippen LogP contribution is -2.55. The first kappa shape index (κ1) is 30.8. The summed E-state index contributed by atoms with van der Waals surface area (Å²) >= 11 is 6.15. The number of hydrogen-bond donors (Lipinski definition) is 0. The van der Waals surface area contributed by atoms with Gasteiger partial charge in [0.15, 0.2) is 0 Å². The summed E-state index contributed by atoms with van der Waals surface area (Å²) < 4.78 is 28.1. The number of alkyl halides is 2. The van der Waals surface area contributed by atoms with Gasteiger partial charge in [-0.25, -0.2) is 8.78 Å². The number of likely N-dealkylation sites (tertiary alicyclic amines) is 1. The fraction of sp³-hybridized carbons (Fsp3) is 0.688. The van der Waals surface area contributed by atoms with Crippen LogP contribution in [0.4, 0.5) is 8.78 Å². The molecular formula is C32H46ClF2N3O2. The van der Waals surface area contributed by atoms with E-state index in [9.17, 15) is 18.4 Å². The first-order valence-corrected chi connectivity index (χ1v) is 15.0. The van der Waals surface area contributed by atoms with Gasteiger partial charge in [-0.15, -0.1) is 0 Å². The molecule has 1 saturated carbocycles. The minimum atomic E-state index is -2.76. The Morgan fingerprint density at radius 3 is 2.12 bits per heavy atom. The number of halogens is 3. The maximum Gasteiger partial charge on any atom is 0.252 e. The molecule has 2 atom stereocenters. The van der Waals surface area contributed by atoms with Crippen LogP contribution in [0.2, 0.25) is 5.02 Å². The monoisotopic (exact) mass is 577 g/mol. The maximum absolute atomic E-state index is 14.1. The molecule has 0 radical (unpaired) electrons. The summed E-state index contributed by atoms with van der Waals surface area (Å²) in [6, 6.07) is 7.31. The summed E-state index contributed by atoms with van der Waals surface area (Å²) in [5.41, 5.74) is 0.0191. The second-order valence-corrected chi connectivity index (χ2v) is 14.8. The van der Waals surface area contributed by atoms with Crippen molar-refractivity contribution in [1.82, 2.24) is 14.7 Å². The summed E-state index contributed by atoms with van der Waals surface area (Å²) in [7, 11) is 0. The number of amides is 2. The maximum atomic E-state index is 14.1. The van der Waals surface area contributed by atoms with E-state index in [4.69, 9.17) is 11.6 Å². The molecule has 40 heavy (non-hydrogen) atoms. The average molecular weight is 578 g/mol. The molecule has 2 amide bonds. The predicted molar refractivity (Wildman–Crippen MR) is 156 cm³/mol. The van der Waals surface area contributed by atoms with Gasteiger partial charge < -0.3 is 14.7 Å². The minimum Gasteiger partial charge on any atom is -0.371 e. The standard InChI is InChI=1S/C32H46ClF2N3O2/c1-30(2,3)37-19-25(21-8-10-22(33)11-9-21)26(20-37)27(39)36-17-14-24(18-36)38(29(40)32(6,7)28(34)35)23-12-15-31(4,5)16-13-23/h8-11,20,23-25,28H,12-19H2,1-7H3/t24-,25?/m0/s1. The van der Waals surface area contributed by atoms with Crippen LogP contribution in [0.1, 0.15) is 92.1 Å². The van der Waals surface area contributed by atoms with Crippen LogP contribution < -0.4 is 0 Å². The third kappa shape index (κ3) is 6.34. The van der Waals surface area contributed by atoms with Crippen LogP contribution in [0, 0.1) is 10.8 Å². The van der Waals surface area contributed by atoms with E-state index in [-0.39, 0.29) is 34.9 Å². The molecule has 2 heterocycles. The van der Waals surface area contributed by atoms with Crippen LogP contribution in [0.25, 0.3) is 0 Å². The molecule has 2 aliphatic heterocycles. The molecule has 5 nitrogen and oxygen atoms in total. The third-order valence-electron chi connectivity index (χ3n) is 9.31. The summed E-state index contributed by atoms with van der Waals surface area (Å²) in [4.78, 5) is 33.6. The average Bonchev–Trinajstić information content (AvgIpc) is 3.53. The molecule has 1 aliphatic carbocycles. The van der Waals surface area contributed by atoms with Crippen molar-refractivity contribution in [3.8, 4) is 0 Å². The molecule has 8 heteroatoms. The predicted octanol–water partition coefficient (Wildman–Crippen LogP) is 7.11. The molecule has 1 aromatic carbocycles. The first-order valence-electron chi connectivity index (χ1n) is 14.7. The Bertz CT molecular complexity index is 1120. The van der Waals surface area contributed by atoms with E-state index < -0.39 is 17.7 Å². The zero-order valence-corrected chi connectivity index (χ0v) is 25.9. The molecule has 1 aromatic rings. The van der Waals surface area contributed by atoms with Crippen LogP contribution in [-0.2, 0) is 9.59 Å². The lowest BCUT2D eigenvalue weighted by molar-refractivity contribution is -0.155. The Morgan fingerprint density at radius 1 is 0.975 bits per heavy atom. The SMILES string of the molecule is CC1(C)CCC(N(C(=O)C(C)(C)C(F)F)[C@H]2CCN(C(=O)C3=CN(C(C)(C)C)CC3c3ccc(Cl)cc3)C2)CC1. The van der Waals surface area contributed by atoms with Gasteiger partial charge in [0.1, 0.15) is 5.41 Å². The number of benzene rings is 1. The van der Waals surface area contributed by atoms with E-state index in [1.807, 2.05) is 35.4 Å². The van der Waals surface area contributed by atoms with Crippen LogP contribution in [0.5, 0.6) is 0 Å². The summed E-state index contributed by atoms with van der Waals surface area (Å²) in [5, 5.41) is 0.649. The van der Waals surface area contributed by atoms with Crippen molar-refractivity contribution in [2.24, 2.45) is 10.8 Å². The van der Waals surface area contributed by atoms with E-state index in [2.05, 4.69) is 39.5 Å². The molecule has 0 bridgehead atoms. The molecule has 3 aliphatic rings. The molecular weight excluding hydrogens is 532 g/mol. The Morgan fingerprint density at radius 2 is 1.57 bits per heavy atom. The zero-order chi connectivity index (χ0) is 29.6. The normalized spacial score (nSPS) is 24.0. The molecule has 2 fully saturated rings. The van der Waals surface area contributed by atoms with Crippen molar-refractivity contribution in [2.75, 3.05) is 19.6 Å². The van der Waals surface area contributed by atoms with Gasteiger partial charge in [0, 0.05) is 53.9 Å². The van der Waals surface area contributed by atoms with Crippen molar-refractivity contribution >= 4 is 23.4 Å². The molecule has 1 saturated heterocycles. The molecule has 0 spiro atoms. The second kappa shape index (κ2) is 11.3. The van der Waals surface area contributed by atoms with Crippen LogP contribution in [0.15, 0.2) is 36.0 Å². The van der Waals surface area contributed by atoms with E-state index in [0.717, 1.165) is 36.8 Å². The third-order valence-corrected chi connectivity index (χ3v) is 9.56. The number of rotatable bonds is 6. The fourth-order valence-electron chi connectivity index (χ4n) is 6.31. The lowest BCUT2D eigenvalue weighted by atomic mass is 9.74. The highest BCUT2D eigenvalue weighted by Gasteiger charge is 2.48. The second-order valence-electron chi connectivity index (χ2n) is 14.3. The molecule has 0 N–H and O–H groups in total. The Balaban J connectivity index is 1.58. The Labute approximate surface area is 243 Å². The number of hydrogen-bond acceptors (Lipinski definition) is 3. The van der Waals surface area contributed by atoms with Crippen LogP contribution in [-0.4, -0.2) is 70.2 Å². The van der Waals surface area contributed by atoms with E-state index >= 15 is 0 Å². The fourth-order valence-corrected chi connectivity index (χ4v) is 6.44. The van der Waals surface area contributed by atoms with E-state index in [0.29, 0.717) is 31.1 Å². The number of nitrogens with zero attached hydrogens (tertiary/aromatic N) is 3. The molecule has 4 rings (SSSR count). The van der Waals surface area contributed by atoms with Gasteiger partial charge in [0.25, 0.3) is 12.3 Å². The summed E-state index contributed by atoms with van der Waals surface area (Å²) in [5.74, 6) is -0.636. The quantitative estimate of drug-likeness (QED) is 0.362. The molecule has 222 valence electrons. The van der Waals surface area contributed by atoms with Crippen molar-refractivity contribution in [3.63, 3.8) is 0 Å². The molecule has 1 unspecified atom stereocenters. The zero-order valence-electron chi connectivity index (χ0n) is 25.1. The Kier molecular flexibility index (Phi) is 8.67. The highest BCUT2D eigenvalue weighted by molar-refractivity contribution is 6.30. The summed E-state index contributed by atoms with van der Waals surface area (Å²) in [6.45, 7) is 15.1. The minimum absolute atomic E-state index is 0.0421. The number of carbonyl (C=O) groups excluding carboxylic acids is 2. The lowest BCUT2D eigenvalue weighted by Gasteiger charge is -2.45. The van der Waals surface area contributed by atoms with Gasteiger partial charge in [0.2, 0.25) is 5.91 Å². The van der Waals surface area contributed by atoms with Crippen LogP contribution >= 0.6 is 11.6 Å². The molecule has 0 aromatic heterocycles. The highest BCUT2D eigenvalue weighted by Crippen LogP contribution is 2.41. The first-order chi connectivity index (χ1) is 18.5. The topological polar surface area (TPSA) is 43.9 Å². The largest absolute Gasteiger partial charge is 0.371 e. The van der Waals surface area contributed by atoms with Crippen molar-refractivity contribution in [3.05, 3.63) is 46.6 Å². The van der Waals surface area contributed by atoms with Crippen molar-refractivity contribution < 1.29 is 18.4 Å². The van der Waals surface area contributed by atoms with Gasteiger partial charge in [-0.1, -0.05) is 37.6 Å². The van der Waals surface area contributed by atoms with Gasteiger partial charge >= 0.3 is 0 Å². The smallest absolute Gasteiger partial charge is 0.252 e. The van der Waals surface area contributed by atoms with Gasteiger partial charge in [-0.2, -0.15) is 0 Å². The van der Waals surface area contributed by atoms with E-state index in [1.54, 1.807) is 4.90 Å². The number of carbonyl (C=O) groups is 2. The Hall–Kier alpha value is -2.15. The van der Waals surface area contributed by atoms with Gasteiger partial charge in [0.05, 0.1) is 6.04 Å². The van der Waals surface area contributed by atoms with E-state index in [1.165, 1.54) is 13.8 Å². The summed E-state index contributed by atoms with van der Waals surface area (Å²) in [6.07, 6.45) is 3.32. The van der Waals surface area contributed by atoms with Crippen LogP contribution in [0.3, 0.4) is 0 Å². The van der Waals surface area contributed by atoms with Gasteiger partial charge in [-0.05, 0) is 89.8 Å². The van der Waals surface area contributed by atoms with Crippen molar-refractivity contribution in [2.45, 2.75) is 111 Å². The highest BCUT2D eigenvalue weighted by atomic mass is 35.5. The van der Waals surface area contributed by atoms with Gasteiger partial charge in [-0.3, -0.25) is 9.59 Å². The van der Waals surface area contributed by atoms with Crippen molar-refractivity contribution in [1.29, 1.82) is 0 Å².